The van der Waals surface area contributed by atoms with E-state index in [0.717, 1.165) is 0 Å². The topological polar surface area (TPSA) is 121 Å². The van der Waals surface area contributed by atoms with Crippen LogP contribution >= 0.6 is 0 Å². The lowest BCUT2D eigenvalue weighted by molar-refractivity contribution is -0.161. The van der Waals surface area contributed by atoms with Crippen LogP contribution in [0.3, 0.4) is 0 Å². The van der Waals surface area contributed by atoms with Crippen molar-refractivity contribution in [3.63, 3.8) is 0 Å². The summed E-state index contributed by atoms with van der Waals surface area (Å²) in [5.74, 6) is -5.55. The zero-order chi connectivity index (χ0) is 13.7. The SMILES string of the molecule is O=C(OCCO)C1CCC(C(=O)O)C(C(=O)O)C1. The van der Waals surface area contributed by atoms with E-state index in [1.54, 1.807) is 0 Å². The molecule has 0 aromatic carbocycles. The lowest BCUT2D eigenvalue weighted by Gasteiger charge is -2.30. The number of carbonyl (C=O) groups excluding carboxylic acids is 1. The standard InChI is InChI=1S/C11H16O7/c12-3-4-18-11(17)6-1-2-7(9(13)14)8(5-6)10(15)16/h6-8,12H,1-5H2,(H,13,14)(H,15,16). The Labute approximate surface area is 103 Å². The van der Waals surface area contributed by atoms with Gasteiger partial charge >= 0.3 is 17.9 Å². The van der Waals surface area contributed by atoms with Gasteiger partial charge in [-0.15, -0.1) is 0 Å². The highest BCUT2D eigenvalue weighted by Crippen LogP contribution is 2.35. The zero-order valence-electron chi connectivity index (χ0n) is 9.74. The molecule has 3 N–H and O–H groups in total. The van der Waals surface area contributed by atoms with Gasteiger partial charge in [-0.25, -0.2) is 0 Å². The number of carboxylic acid groups (broad SMARTS) is 2. The van der Waals surface area contributed by atoms with Crippen LogP contribution in [0.25, 0.3) is 0 Å². The molecule has 7 heteroatoms. The molecule has 18 heavy (non-hydrogen) atoms. The van der Waals surface area contributed by atoms with Crippen LogP contribution in [0.15, 0.2) is 0 Å². The maximum atomic E-state index is 11.5. The molecular formula is C11H16O7. The molecule has 7 nitrogen and oxygen atoms in total. The summed E-state index contributed by atoms with van der Waals surface area (Å²) >= 11 is 0. The second-order valence-electron chi connectivity index (χ2n) is 4.29. The van der Waals surface area contributed by atoms with E-state index in [4.69, 9.17) is 20.1 Å². The third-order valence-electron chi connectivity index (χ3n) is 3.15. The number of aliphatic hydroxyl groups is 1. The highest BCUT2D eigenvalue weighted by molar-refractivity contribution is 5.82. The minimum atomic E-state index is -1.21. The first-order valence-corrected chi connectivity index (χ1v) is 5.70. The number of carbonyl (C=O) groups is 3. The van der Waals surface area contributed by atoms with E-state index in [-0.39, 0.29) is 26.1 Å². The van der Waals surface area contributed by atoms with E-state index < -0.39 is 35.7 Å². The maximum absolute atomic E-state index is 11.5. The fourth-order valence-corrected chi connectivity index (χ4v) is 2.22. The average molecular weight is 260 g/mol. The molecule has 0 aliphatic heterocycles. The molecule has 1 aliphatic carbocycles. The van der Waals surface area contributed by atoms with Crippen molar-refractivity contribution < 1.29 is 34.4 Å². The molecule has 0 bridgehead atoms. The molecule has 1 saturated carbocycles. The van der Waals surface area contributed by atoms with Crippen molar-refractivity contribution in [2.45, 2.75) is 19.3 Å². The summed E-state index contributed by atoms with van der Waals surface area (Å²) in [6.45, 7) is -0.423. The fraction of sp³-hybridized carbons (Fsp3) is 0.727. The number of ether oxygens (including phenoxy) is 1. The van der Waals surface area contributed by atoms with Crippen LogP contribution in [0.2, 0.25) is 0 Å². The quantitative estimate of drug-likeness (QED) is 0.581. The second-order valence-corrected chi connectivity index (χ2v) is 4.29. The lowest BCUT2D eigenvalue weighted by Crippen LogP contribution is -2.38. The van der Waals surface area contributed by atoms with E-state index >= 15 is 0 Å². The number of hydrogen-bond donors (Lipinski definition) is 3. The van der Waals surface area contributed by atoms with E-state index in [1.807, 2.05) is 0 Å². The predicted molar refractivity (Wildman–Crippen MR) is 57.6 cm³/mol. The third-order valence-corrected chi connectivity index (χ3v) is 3.15. The predicted octanol–water partition coefficient (Wildman–Crippen LogP) is -0.276. The minimum Gasteiger partial charge on any atom is -0.481 e. The first-order valence-electron chi connectivity index (χ1n) is 5.70. The van der Waals surface area contributed by atoms with Gasteiger partial charge in [-0.1, -0.05) is 0 Å². The summed E-state index contributed by atoms with van der Waals surface area (Å²) in [6.07, 6.45) is 0.409. The smallest absolute Gasteiger partial charge is 0.309 e. The lowest BCUT2D eigenvalue weighted by atomic mass is 9.74. The fourth-order valence-electron chi connectivity index (χ4n) is 2.22. The average Bonchev–Trinajstić information content (AvgIpc) is 2.34. The summed E-state index contributed by atoms with van der Waals surface area (Å²) in [4.78, 5) is 33.4. The van der Waals surface area contributed by atoms with E-state index in [2.05, 4.69) is 0 Å². The number of aliphatic hydroxyl groups excluding tert-OH is 1. The van der Waals surface area contributed by atoms with Crippen LogP contribution < -0.4 is 0 Å². The molecule has 3 atom stereocenters. The van der Waals surface area contributed by atoms with E-state index in [1.165, 1.54) is 0 Å². The highest BCUT2D eigenvalue weighted by Gasteiger charge is 2.41. The Kier molecular flexibility index (Phi) is 5.08. The Bertz CT molecular complexity index is 338. The summed E-state index contributed by atoms with van der Waals surface area (Å²) in [6, 6.07) is 0. The van der Waals surface area contributed by atoms with Crippen LogP contribution in [-0.2, 0) is 19.1 Å². The van der Waals surface area contributed by atoms with Crippen molar-refractivity contribution in [1.82, 2.24) is 0 Å². The van der Waals surface area contributed by atoms with Gasteiger partial charge in [0.05, 0.1) is 24.4 Å². The minimum absolute atomic E-state index is 0.0312. The van der Waals surface area contributed by atoms with E-state index in [0.29, 0.717) is 6.42 Å². The van der Waals surface area contributed by atoms with Crippen molar-refractivity contribution in [2.24, 2.45) is 17.8 Å². The van der Waals surface area contributed by atoms with Crippen molar-refractivity contribution in [1.29, 1.82) is 0 Å². The molecule has 0 heterocycles. The Balaban J connectivity index is 2.65. The Morgan fingerprint density at radius 2 is 1.67 bits per heavy atom. The number of esters is 1. The number of aliphatic carboxylic acids is 2. The molecule has 0 amide bonds. The van der Waals surface area contributed by atoms with Gasteiger partial charge in [-0.2, -0.15) is 0 Å². The molecule has 0 aromatic rings. The Morgan fingerprint density at radius 1 is 1.06 bits per heavy atom. The van der Waals surface area contributed by atoms with Gasteiger partial charge in [0.15, 0.2) is 0 Å². The van der Waals surface area contributed by atoms with E-state index in [9.17, 15) is 14.4 Å². The van der Waals surface area contributed by atoms with Gasteiger partial charge in [0.2, 0.25) is 0 Å². The molecule has 1 fully saturated rings. The van der Waals surface area contributed by atoms with Gasteiger partial charge in [0.25, 0.3) is 0 Å². The largest absolute Gasteiger partial charge is 0.481 e. The van der Waals surface area contributed by atoms with Crippen molar-refractivity contribution in [3.8, 4) is 0 Å². The molecule has 0 aromatic heterocycles. The van der Waals surface area contributed by atoms with Crippen molar-refractivity contribution in [3.05, 3.63) is 0 Å². The summed E-state index contributed by atoms with van der Waals surface area (Å²) < 4.78 is 4.73. The number of carboxylic acids is 2. The molecule has 1 rings (SSSR count). The molecule has 3 unspecified atom stereocenters. The van der Waals surface area contributed by atoms with Gasteiger partial charge < -0.3 is 20.1 Å². The van der Waals surface area contributed by atoms with Crippen LogP contribution in [0, 0.1) is 17.8 Å². The van der Waals surface area contributed by atoms with Crippen molar-refractivity contribution in [2.75, 3.05) is 13.2 Å². The molecular weight excluding hydrogens is 244 g/mol. The molecule has 0 spiro atoms. The molecule has 0 saturated heterocycles. The Morgan fingerprint density at radius 3 is 2.17 bits per heavy atom. The second kappa shape index (κ2) is 6.34. The Hall–Kier alpha value is -1.63. The third kappa shape index (κ3) is 3.43. The maximum Gasteiger partial charge on any atom is 0.309 e. The first-order chi connectivity index (χ1) is 8.47. The van der Waals surface area contributed by atoms with Gasteiger partial charge in [0.1, 0.15) is 6.61 Å². The van der Waals surface area contributed by atoms with Crippen LogP contribution in [0.4, 0.5) is 0 Å². The van der Waals surface area contributed by atoms with Crippen LogP contribution in [0.1, 0.15) is 19.3 Å². The molecule has 1 aliphatic rings. The zero-order valence-corrected chi connectivity index (χ0v) is 9.74. The monoisotopic (exact) mass is 260 g/mol. The van der Waals surface area contributed by atoms with Gasteiger partial charge in [0, 0.05) is 0 Å². The number of hydrogen-bond acceptors (Lipinski definition) is 5. The summed E-state index contributed by atoms with van der Waals surface area (Å²) in [5.41, 5.74) is 0. The van der Waals surface area contributed by atoms with Crippen LogP contribution in [-0.4, -0.2) is 46.4 Å². The highest BCUT2D eigenvalue weighted by atomic mass is 16.5. The van der Waals surface area contributed by atoms with Crippen molar-refractivity contribution >= 4 is 17.9 Å². The number of rotatable bonds is 5. The molecule has 0 radical (unpaired) electrons. The first kappa shape index (κ1) is 14.4. The van der Waals surface area contributed by atoms with Gasteiger partial charge in [-0.05, 0) is 19.3 Å². The summed E-state index contributed by atoms with van der Waals surface area (Å²) in [7, 11) is 0. The molecule has 102 valence electrons. The van der Waals surface area contributed by atoms with Crippen LogP contribution in [0.5, 0.6) is 0 Å². The van der Waals surface area contributed by atoms with Gasteiger partial charge in [-0.3, -0.25) is 14.4 Å². The normalized spacial score (nSPS) is 27.5. The summed E-state index contributed by atoms with van der Waals surface area (Å²) in [5, 5.41) is 26.4.